The first-order valence-corrected chi connectivity index (χ1v) is 10.4. The molecule has 5 rings (SSSR count). The van der Waals surface area contributed by atoms with Gasteiger partial charge in [0.1, 0.15) is 17.2 Å². The minimum atomic E-state index is -0.0955. The summed E-state index contributed by atoms with van der Waals surface area (Å²) in [6.45, 7) is 4.51. The van der Waals surface area contributed by atoms with Gasteiger partial charge in [-0.15, -0.1) is 0 Å². The number of nitrogens with zero attached hydrogens (tertiary/aromatic N) is 5. The fourth-order valence-corrected chi connectivity index (χ4v) is 3.97. The van der Waals surface area contributed by atoms with E-state index in [0.717, 1.165) is 23.0 Å². The van der Waals surface area contributed by atoms with E-state index in [1.165, 1.54) is 0 Å². The van der Waals surface area contributed by atoms with Crippen molar-refractivity contribution in [2.24, 2.45) is 0 Å². The Bertz CT molecular complexity index is 1470. The van der Waals surface area contributed by atoms with E-state index in [4.69, 9.17) is 21.6 Å². The molecule has 2 aromatic carbocycles. The smallest absolute Gasteiger partial charge is 0.265 e. The van der Waals surface area contributed by atoms with Gasteiger partial charge in [0.2, 0.25) is 0 Å². The molecule has 0 saturated carbocycles. The highest BCUT2D eigenvalue weighted by atomic mass is 35.5. The van der Waals surface area contributed by atoms with Crippen LogP contribution in [-0.2, 0) is 6.54 Å². The fraction of sp³-hybridized carbons (Fsp3) is 0.217. The molecule has 0 bridgehead atoms. The van der Waals surface area contributed by atoms with Crippen LogP contribution < -0.4 is 5.56 Å². The van der Waals surface area contributed by atoms with Crippen molar-refractivity contribution < 1.29 is 0 Å². The second-order valence-electron chi connectivity index (χ2n) is 7.47. The number of hydrogen-bond donors (Lipinski definition) is 0. The quantitative estimate of drug-likeness (QED) is 0.414. The molecule has 0 aliphatic carbocycles. The first-order chi connectivity index (χ1) is 14.6. The molecule has 30 heavy (non-hydrogen) atoms. The molecule has 0 N–H and O–H groups in total. The van der Waals surface area contributed by atoms with Gasteiger partial charge in [0.25, 0.3) is 5.56 Å². The van der Waals surface area contributed by atoms with E-state index in [0.29, 0.717) is 33.8 Å². The Balaban J connectivity index is 1.89. The van der Waals surface area contributed by atoms with Gasteiger partial charge in [0.05, 0.1) is 17.6 Å². The van der Waals surface area contributed by atoms with Crippen molar-refractivity contribution >= 4 is 44.8 Å². The van der Waals surface area contributed by atoms with Crippen LogP contribution in [-0.4, -0.2) is 24.1 Å². The van der Waals surface area contributed by atoms with Crippen LogP contribution in [0.4, 0.5) is 0 Å². The summed E-state index contributed by atoms with van der Waals surface area (Å²) in [7, 11) is 0. The maximum atomic E-state index is 13.4. The third-order valence-corrected chi connectivity index (χ3v) is 6.00. The zero-order chi connectivity index (χ0) is 20.8. The van der Waals surface area contributed by atoms with Crippen molar-refractivity contribution in [2.75, 3.05) is 0 Å². The molecule has 0 aliphatic heterocycles. The highest BCUT2D eigenvalue weighted by Gasteiger charge is 2.21. The maximum Gasteiger partial charge on any atom is 0.265 e. The molecule has 0 amide bonds. The van der Waals surface area contributed by atoms with Crippen LogP contribution in [0.3, 0.4) is 0 Å². The van der Waals surface area contributed by atoms with Crippen LogP contribution in [0.2, 0.25) is 5.02 Å². The van der Waals surface area contributed by atoms with Gasteiger partial charge in [-0.2, -0.15) is 0 Å². The van der Waals surface area contributed by atoms with Gasteiger partial charge in [-0.1, -0.05) is 48.9 Å². The molecule has 1 atom stereocenters. The number of fused-ring (bicyclic) bond motifs is 4. The largest absolute Gasteiger partial charge is 0.304 e. The monoisotopic (exact) mass is 417 g/mol. The van der Waals surface area contributed by atoms with Crippen molar-refractivity contribution in [2.45, 2.75) is 32.9 Å². The molecule has 1 unspecified atom stereocenters. The summed E-state index contributed by atoms with van der Waals surface area (Å²) in [5.41, 5.74) is 4.14. The zero-order valence-electron chi connectivity index (χ0n) is 16.7. The van der Waals surface area contributed by atoms with Crippen LogP contribution in [0, 0.1) is 0 Å². The summed E-state index contributed by atoms with van der Waals surface area (Å²) in [4.78, 5) is 27.7. The lowest BCUT2D eigenvalue weighted by molar-refractivity contribution is 0.510. The standard InChI is InChI=1S/C23H20ClN5O/c1-3-14(2)29-13-25-21-19(23(29)30)20-22(27-18-11-7-6-10-17(18)26-20)28(21)12-15-8-4-5-9-16(15)24/h4-11,13-14H,3,12H2,1-2H3. The average Bonchev–Trinajstić information content (AvgIpc) is 3.06. The summed E-state index contributed by atoms with van der Waals surface area (Å²) in [6.07, 6.45) is 2.46. The van der Waals surface area contributed by atoms with E-state index in [9.17, 15) is 4.79 Å². The molecule has 0 radical (unpaired) electrons. The van der Waals surface area contributed by atoms with Gasteiger partial charge >= 0.3 is 0 Å². The van der Waals surface area contributed by atoms with Crippen LogP contribution in [0.25, 0.3) is 33.2 Å². The molecule has 0 spiro atoms. The minimum Gasteiger partial charge on any atom is -0.304 e. The molecular weight excluding hydrogens is 398 g/mol. The van der Waals surface area contributed by atoms with Gasteiger partial charge < -0.3 is 4.57 Å². The Morgan fingerprint density at radius 3 is 2.43 bits per heavy atom. The van der Waals surface area contributed by atoms with E-state index in [1.807, 2.05) is 60.0 Å². The van der Waals surface area contributed by atoms with Crippen LogP contribution >= 0.6 is 11.6 Å². The van der Waals surface area contributed by atoms with E-state index >= 15 is 0 Å². The van der Waals surface area contributed by atoms with Crippen LogP contribution in [0.5, 0.6) is 0 Å². The van der Waals surface area contributed by atoms with E-state index in [1.54, 1.807) is 10.9 Å². The Kier molecular flexibility index (Phi) is 4.51. The lowest BCUT2D eigenvalue weighted by Crippen LogP contribution is -2.23. The van der Waals surface area contributed by atoms with Crippen molar-refractivity contribution in [3.63, 3.8) is 0 Å². The Hall–Kier alpha value is -3.25. The number of halogens is 1. The molecule has 3 aromatic heterocycles. The number of benzene rings is 2. The summed E-state index contributed by atoms with van der Waals surface area (Å²) in [5, 5.41) is 1.16. The summed E-state index contributed by atoms with van der Waals surface area (Å²) >= 11 is 6.42. The highest BCUT2D eigenvalue weighted by Crippen LogP contribution is 2.27. The number of aromatic nitrogens is 5. The molecule has 0 aliphatic rings. The van der Waals surface area contributed by atoms with E-state index in [-0.39, 0.29) is 11.6 Å². The van der Waals surface area contributed by atoms with Crippen molar-refractivity contribution in [1.82, 2.24) is 24.1 Å². The van der Waals surface area contributed by atoms with E-state index < -0.39 is 0 Å². The summed E-state index contributed by atoms with van der Waals surface area (Å²) in [5.74, 6) is 0. The third kappa shape index (κ3) is 2.87. The molecule has 0 fully saturated rings. The number of para-hydroxylation sites is 2. The van der Waals surface area contributed by atoms with Crippen molar-refractivity contribution in [1.29, 1.82) is 0 Å². The molecule has 5 aromatic rings. The molecule has 3 heterocycles. The number of rotatable bonds is 4. The molecular formula is C23H20ClN5O. The lowest BCUT2D eigenvalue weighted by Gasteiger charge is -2.12. The fourth-order valence-electron chi connectivity index (χ4n) is 3.77. The van der Waals surface area contributed by atoms with Crippen molar-refractivity contribution in [3.05, 3.63) is 75.8 Å². The predicted octanol–water partition coefficient (Wildman–Crippen LogP) is 4.97. The topological polar surface area (TPSA) is 65.6 Å². The van der Waals surface area contributed by atoms with Gasteiger partial charge in [-0.05, 0) is 37.1 Å². The number of hydrogen-bond acceptors (Lipinski definition) is 4. The van der Waals surface area contributed by atoms with Crippen LogP contribution in [0.15, 0.2) is 59.7 Å². The van der Waals surface area contributed by atoms with Crippen molar-refractivity contribution in [3.8, 4) is 0 Å². The van der Waals surface area contributed by atoms with Gasteiger partial charge in [0, 0.05) is 11.1 Å². The molecule has 150 valence electrons. The average molecular weight is 418 g/mol. The maximum absolute atomic E-state index is 13.4. The summed E-state index contributed by atoms with van der Waals surface area (Å²) in [6, 6.07) is 15.4. The summed E-state index contributed by atoms with van der Waals surface area (Å²) < 4.78 is 3.62. The Labute approximate surface area is 177 Å². The van der Waals surface area contributed by atoms with Crippen LogP contribution in [0.1, 0.15) is 31.9 Å². The SMILES string of the molecule is CCC(C)n1cnc2c(c1=O)c1nc3ccccc3nc1n2Cc1ccccc1Cl. The van der Waals surface area contributed by atoms with Gasteiger partial charge in [-0.25, -0.2) is 15.0 Å². The minimum absolute atomic E-state index is 0.0461. The lowest BCUT2D eigenvalue weighted by atomic mass is 10.2. The second-order valence-corrected chi connectivity index (χ2v) is 7.88. The van der Waals surface area contributed by atoms with Gasteiger partial charge in [0.15, 0.2) is 11.3 Å². The first-order valence-electron chi connectivity index (χ1n) is 9.97. The van der Waals surface area contributed by atoms with E-state index in [2.05, 4.69) is 11.9 Å². The Morgan fingerprint density at radius 2 is 1.70 bits per heavy atom. The molecule has 7 heteroatoms. The highest BCUT2D eigenvalue weighted by molar-refractivity contribution is 6.31. The molecule has 6 nitrogen and oxygen atoms in total. The second kappa shape index (κ2) is 7.22. The normalized spacial score (nSPS) is 12.8. The van der Waals surface area contributed by atoms with Gasteiger partial charge in [-0.3, -0.25) is 9.36 Å². The first kappa shape index (κ1) is 18.8. The molecule has 0 saturated heterocycles. The third-order valence-electron chi connectivity index (χ3n) is 5.63. The Morgan fingerprint density at radius 1 is 1.00 bits per heavy atom. The zero-order valence-corrected chi connectivity index (χ0v) is 17.5. The predicted molar refractivity (Wildman–Crippen MR) is 120 cm³/mol.